The van der Waals surface area contributed by atoms with Crippen molar-refractivity contribution in [2.24, 2.45) is 11.8 Å². The van der Waals surface area contributed by atoms with E-state index < -0.39 is 0 Å². The van der Waals surface area contributed by atoms with Crippen LogP contribution in [0.25, 0.3) is 0 Å². The summed E-state index contributed by atoms with van der Waals surface area (Å²) in [5.41, 5.74) is 0. The van der Waals surface area contributed by atoms with E-state index in [0.29, 0.717) is 31.4 Å². The summed E-state index contributed by atoms with van der Waals surface area (Å²) in [6, 6.07) is 0. The molecule has 2 N–H and O–H groups in total. The molecule has 1 rings (SSSR count). The van der Waals surface area contributed by atoms with Gasteiger partial charge in [0.2, 0.25) is 5.91 Å². The lowest BCUT2D eigenvalue weighted by Gasteiger charge is -2.26. The smallest absolute Gasteiger partial charge is 0.220 e. The Kier molecular flexibility index (Phi) is 6.42. The average Bonchev–Trinajstić information content (AvgIpc) is 2.17. The van der Waals surface area contributed by atoms with Crippen molar-refractivity contribution >= 4 is 5.91 Å². The van der Waals surface area contributed by atoms with Gasteiger partial charge in [0.25, 0.3) is 0 Å². The van der Waals surface area contributed by atoms with Gasteiger partial charge in [-0.25, -0.2) is 0 Å². The third-order valence-electron chi connectivity index (χ3n) is 2.75. The number of hydrogen-bond donors (Lipinski definition) is 2. The molecule has 0 saturated carbocycles. The maximum atomic E-state index is 11.4. The number of amides is 1. The highest BCUT2D eigenvalue weighted by Gasteiger charge is 2.19. The molecule has 1 saturated heterocycles. The van der Waals surface area contributed by atoms with Gasteiger partial charge >= 0.3 is 0 Å². The van der Waals surface area contributed by atoms with E-state index in [1.165, 1.54) is 0 Å². The Bertz CT molecular complexity index is 203. The van der Waals surface area contributed by atoms with Gasteiger partial charge in [0.15, 0.2) is 0 Å². The molecule has 0 bridgehead atoms. The van der Waals surface area contributed by atoms with Gasteiger partial charge in [-0.05, 0) is 31.3 Å². The van der Waals surface area contributed by atoms with Crippen LogP contribution in [0.2, 0.25) is 0 Å². The molecule has 0 aromatic carbocycles. The minimum Gasteiger partial charge on any atom is -0.380 e. The molecule has 0 aliphatic carbocycles. The number of carbonyl (C=O) groups is 1. The summed E-state index contributed by atoms with van der Waals surface area (Å²) in [6.45, 7) is 8.38. The molecule has 0 radical (unpaired) electrons. The Balaban J connectivity index is 1.84. The zero-order valence-corrected chi connectivity index (χ0v) is 10.4. The summed E-state index contributed by atoms with van der Waals surface area (Å²) in [6.07, 6.45) is 1.74. The van der Waals surface area contributed by atoms with Crippen LogP contribution in [-0.2, 0) is 9.53 Å². The first-order chi connectivity index (χ1) is 7.68. The summed E-state index contributed by atoms with van der Waals surface area (Å²) in [5, 5.41) is 6.03. The van der Waals surface area contributed by atoms with Gasteiger partial charge in [-0.1, -0.05) is 13.8 Å². The number of ether oxygens (including phenoxy) is 1. The van der Waals surface area contributed by atoms with E-state index in [1.54, 1.807) is 0 Å². The second-order valence-electron chi connectivity index (χ2n) is 4.87. The number of nitrogens with one attached hydrogen (secondary N) is 2. The molecule has 0 aromatic heterocycles. The van der Waals surface area contributed by atoms with Gasteiger partial charge in [-0.2, -0.15) is 0 Å². The van der Waals surface area contributed by atoms with Crippen molar-refractivity contribution in [2.45, 2.75) is 26.7 Å². The monoisotopic (exact) mass is 228 g/mol. The SMILES string of the molecule is CC(C)CCOCCNC(=O)CC1CNC1. The van der Waals surface area contributed by atoms with Gasteiger partial charge in [0.05, 0.1) is 6.61 Å². The molecule has 0 aromatic rings. The predicted octanol–water partition coefficient (Wildman–Crippen LogP) is 0.775. The summed E-state index contributed by atoms with van der Waals surface area (Å²) >= 11 is 0. The van der Waals surface area contributed by atoms with Crippen LogP contribution in [0.1, 0.15) is 26.7 Å². The van der Waals surface area contributed by atoms with E-state index in [0.717, 1.165) is 26.1 Å². The Labute approximate surface area is 98.1 Å². The Morgan fingerprint density at radius 2 is 2.19 bits per heavy atom. The first-order valence-electron chi connectivity index (χ1n) is 6.23. The highest BCUT2D eigenvalue weighted by atomic mass is 16.5. The van der Waals surface area contributed by atoms with Crippen molar-refractivity contribution in [2.75, 3.05) is 32.8 Å². The molecule has 16 heavy (non-hydrogen) atoms. The maximum absolute atomic E-state index is 11.4. The molecule has 94 valence electrons. The molecule has 1 aliphatic heterocycles. The average molecular weight is 228 g/mol. The molecule has 4 nitrogen and oxygen atoms in total. The number of carbonyl (C=O) groups excluding carboxylic acids is 1. The third kappa shape index (κ3) is 6.08. The second kappa shape index (κ2) is 7.63. The fourth-order valence-electron chi connectivity index (χ4n) is 1.51. The fourth-order valence-corrected chi connectivity index (χ4v) is 1.51. The van der Waals surface area contributed by atoms with E-state index in [1.807, 2.05) is 0 Å². The Morgan fingerprint density at radius 1 is 1.44 bits per heavy atom. The zero-order valence-electron chi connectivity index (χ0n) is 10.4. The lowest BCUT2D eigenvalue weighted by atomic mass is 9.99. The van der Waals surface area contributed by atoms with Crippen LogP contribution in [-0.4, -0.2) is 38.8 Å². The molecule has 0 spiro atoms. The van der Waals surface area contributed by atoms with Crippen molar-refractivity contribution in [3.63, 3.8) is 0 Å². The summed E-state index contributed by atoms with van der Waals surface area (Å²) in [5.74, 6) is 1.38. The minimum atomic E-state index is 0.152. The summed E-state index contributed by atoms with van der Waals surface area (Å²) in [7, 11) is 0. The molecule has 1 heterocycles. The topological polar surface area (TPSA) is 50.4 Å². The van der Waals surface area contributed by atoms with Gasteiger partial charge in [-0.15, -0.1) is 0 Å². The van der Waals surface area contributed by atoms with E-state index in [4.69, 9.17) is 4.74 Å². The van der Waals surface area contributed by atoms with Gasteiger partial charge < -0.3 is 15.4 Å². The van der Waals surface area contributed by atoms with Gasteiger partial charge in [0.1, 0.15) is 0 Å². The molecule has 1 aliphatic rings. The fraction of sp³-hybridized carbons (Fsp3) is 0.917. The number of rotatable bonds is 8. The van der Waals surface area contributed by atoms with Crippen molar-refractivity contribution in [1.29, 1.82) is 0 Å². The standard InChI is InChI=1S/C12H24N2O2/c1-10(2)3-5-16-6-4-14-12(15)7-11-8-13-9-11/h10-11,13H,3-9H2,1-2H3,(H,14,15). The van der Waals surface area contributed by atoms with E-state index in [9.17, 15) is 4.79 Å². The molecular weight excluding hydrogens is 204 g/mol. The van der Waals surface area contributed by atoms with Crippen molar-refractivity contribution < 1.29 is 9.53 Å². The third-order valence-corrected chi connectivity index (χ3v) is 2.75. The number of hydrogen-bond acceptors (Lipinski definition) is 3. The molecule has 0 atom stereocenters. The van der Waals surface area contributed by atoms with Crippen molar-refractivity contribution in [1.82, 2.24) is 10.6 Å². The largest absolute Gasteiger partial charge is 0.380 e. The van der Waals surface area contributed by atoms with E-state index in [2.05, 4.69) is 24.5 Å². The maximum Gasteiger partial charge on any atom is 0.220 e. The summed E-state index contributed by atoms with van der Waals surface area (Å²) < 4.78 is 5.41. The van der Waals surface area contributed by atoms with Gasteiger partial charge in [0, 0.05) is 19.6 Å². The first kappa shape index (κ1) is 13.5. The van der Waals surface area contributed by atoms with Crippen LogP contribution < -0.4 is 10.6 Å². The van der Waals surface area contributed by atoms with Crippen LogP contribution in [0, 0.1) is 11.8 Å². The van der Waals surface area contributed by atoms with E-state index >= 15 is 0 Å². The van der Waals surface area contributed by atoms with Crippen molar-refractivity contribution in [3.05, 3.63) is 0 Å². The van der Waals surface area contributed by atoms with Crippen LogP contribution in [0.4, 0.5) is 0 Å². The molecule has 1 fully saturated rings. The Hall–Kier alpha value is -0.610. The predicted molar refractivity (Wildman–Crippen MR) is 64.3 cm³/mol. The second-order valence-corrected chi connectivity index (χ2v) is 4.87. The first-order valence-corrected chi connectivity index (χ1v) is 6.23. The van der Waals surface area contributed by atoms with E-state index in [-0.39, 0.29) is 5.91 Å². The molecule has 0 unspecified atom stereocenters. The normalized spacial score (nSPS) is 16.2. The quantitative estimate of drug-likeness (QED) is 0.603. The molecule has 4 heteroatoms. The van der Waals surface area contributed by atoms with Crippen molar-refractivity contribution in [3.8, 4) is 0 Å². The lowest BCUT2D eigenvalue weighted by molar-refractivity contribution is -0.122. The zero-order chi connectivity index (χ0) is 11.8. The van der Waals surface area contributed by atoms with Crippen LogP contribution >= 0.6 is 0 Å². The summed E-state index contributed by atoms with van der Waals surface area (Å²) in [4.78, 5) is 11.4. The van der Waals surface area contributed by atoms with Crippen LogP contribution in [0.15, 0.2) is 0 Å². The minimum absolute atomic E-state index is 0.152. The van der Waals surface area contributed by atoms with Crippen LogP contribution in [0.3, 0.4) is 0 Å². The van der Waals surface area contributed by atoms with Gasteiger partial charge in [-0.3, -0.25) is 4.79 Å². The van der Waals surface area contributed by atoms with Crippen LogP contribution in [0.5, 0.6) is 0 Å². The molecular formula is C12H24N2O2. The highest BCUT2D eigenvalue weighted by Crippen LogP contribution is 2.07. The highest BCUT2D eigenvalue weighted by molar-refractivity contribution is 5.76. The Morgan fingerprint density at radius 3 is 2.75 bits per heavy atom. The molecule has 1 amide bonds. The lowest BCUT2D eigenvalue weighted by Crippen LogP contribution is -2.44.